The van der Waals surface area contributed by atoms with Gasteiger partial charge in [-0.2, -0.15) is 0 Å². The molecular formula is C14H20N2O. The van der Waals surface area contributed by atoms with E-state index in [4.69, 9.17) is 5.73 Å². The Labute approximate surface area is 102 Å². The number of nitrogens with two attached hydrogens (primary N) is 1. The topological polar surface area (TPSA) is 56.0 Å². The van der Waals surface area contributed by atoms with Crippen molar-refractivity contribution >= 4 is 11.5 Å². The van der Waals surface area contributed by atoms with Crippen LogP contribution in [0.15, 0.2) is 18.3 Å². The predicted octanol–water partition coefficient (Wildman–Crippen LogP) is 3.06. The minimum Gasteiger partial charge on any atom is -0.397 e. The van der Waals surface area contributed by atoms with E-state index in [1.165, 1.54) is 19.3 Å². The fraction of sp³-hybridized carbons (Fsp3) is 0.571. The molecule has 0 atom stereocenters. The Kier molecular flexibility index (Phi) is 3.77. The Morgan fingerprint density at radius 2 is 2.06 bits per heavy atom. The first-order valence-corrected chi connectivity index (χ1v) is 6.46. The number of anilines is 1. The van der Waals surface area contributed by atoms with Gasteiger partial charge in [-0.15, -0.1) is 0 Å². The Morgan fingerprint density at radius 3 is 2.59 bits per heavy atom. The summed E-state index contributed by atoms with van der Waals surface area (Å²) in [5.41, 5.74) is 6.74. The molecule has 3 nitrogen and oxygen atoms in total. The van der Waals surface area contributed by atoms with Crippen molar-refractivity contribution in [3.63, 3.8) is 0 Å². The van der Waals surface area contributed by atoms with Crippen molar-refractivity contribution in [2.24, 2.45) is 11.8 Å². The first-order chi connectivity index (χ1) is 8.20. The normalized spacial score (nSPS) is 24.5. The number of aromatic nitrogens is 1. The molecule has 1 aromatic heterocycles. The molecule has 0 spiro atoms. The molecule has 0 radical (unpaired) electrons. The maximum Gasteiger partial charge on any atom is 0.184 e. The molecule has 1 fully saturated rings. The summed E-state index contributed by atoms with van der Waals surface area (Å²) >= 11 is 0. The molecule has 2 rings (SSSR count). The monoisotopic (exact) mass is 232 g/mol. The number of rotatable bonds is 3. The zero-order valence-electron chi connectivity index (χ0n) is 10.4. The molecule has 92 valence electrons. The summed E-state index contributed by atoms with van der Waals surface area (Å²) in [5.74, 6) is 1.19. The van der Waals surface area contributed by atoms with Crippen LogP contribution in [0.5, 0.6) is 0 Å². The van der Waals surface area contributed by atoms with Crippen LogP contribution in [0.4, 0.5) is 5.69 Å². The van der Waals surface area contributed by atoms with Gasteiger partial charge in [0.2, 0.25) is 0 Å². The fourth-order valence-corrected chi connectivity index (χ4v) is 2.59. The average molecular weight is 232 g/mol. The third-order valence-electron chi connectivity index (χ3n) is 3.83. The molecule has 0 bridgehead atoms. The molecule has 1 aliphatic rings. The standard InChI is InChI=1S/C14H20N2O/c1-2-10-3-5-11(6-4-10)14(17)13-8-7-12(15)9-16-13/h7-11H,2-6,15H2,1H3. The Morgan fingerprint density at radius 1 is 1.35 bits per heavy atom. The molecule has 1 saturated carbocycles. The van der Waals surface area contributed by atoms with Crippen molar-refractivity contribution in [2.75, 3.05) is 5.73 Å². The number of carbonyl (C=O) groups is 1. The number of carbonyl (C=O) groups excluding carboxylic acids is 1. The van der Waals surface area contributed by atoms with E-state index in [-0.39, 0.29) is 11.7 Å². The molecular weight excluding hydrogens is 212 g/mol. The number of nitrogens with zero attached hydrogens (tertiary/aromatic N) is 1. The zero-order chi connectivity index (χ0) is 12.3. The summed E-state index contributed by atoms with van der Waals surface area (Å²) in [6.45, 7) is 2.23. The van der Waals surface area contributed by atoms with E-state index in [1.54, 1.807) is 18.3 Å². The third-order valence-corrected chi connectivity index (χ3v) is 3.83. The molecule has 1 aliphatic carbocycles. The quantitative estimate of drug-likeness (QED) is 0.815. The molecule has 2 N–H and O–H groups in total. The van der Waals surface area contributed by atoms with Crippen molar-refractivity contribution in [1.29, 1.82) is 0 Å². The van der Waals surface area contributed by atoms with Gasteiger partial charge in [-0.25, -0.2) is 0 Å². The van der Waals surface area contributed by atoms with Crippen LogP contribution in [-0.2, 0) is 0 Å². The van der Waals surface area contributed by atoms with Crippen molar-refractivity contribution in [2.45, 2.75) is 39.0 Å². The van der Waals surface area contributed by atoms with Crippen molar-refractivity contribution in [1.82, 2.24) is 4.98 Å². The molecule has 0 saturated heterocycles. The van der Waals surface area contributed by atoms with Gasteiger partial charge in [0.1, 0.15) is 5.69 Å². The number of ketones is 1. The van der Waals surface area contributed by atoms with Gasteiger partial charge >= 0.3 is 0 Å². The Hall–Kier alpha value is -1.38. The molecule has 0 amide bonds. The second kappa shape index (κ2) is 5.30. The second-order valence-electron chi connectivity index (χ2n) is 4.97. The molecule has 1 aromatic rings. The van der Waals surface area contributed by atoms with Crippen LogP contribution in [0.25, 0.3) is 0 Å². The van der Waals surface area contributed by atoms with Crippen LogP contribution in [0.2, 0.25) is 0 Å². The predicted molar refractivity (Wildman–Crippen MR) is 68.7 cm³/mol. The lowest BCUT2D eigenvalue weighted by atomic mass is 9.78. The van der Waals surface area contributed by atoms with Crippen molar-refractivity contribution in [3.05, 3.63) is 24.0 Å². The van der Waals surface area contributed by atoms with Crippen LogP contribution in [-0.4, -0.2) is 10.8 Å². The van der Waals surface area contributed by atoms with Crippen LogP contribution in [0.1, 0.15) is 49.5 Å². The highest BCUT2D eigenvalue weighted by atomic mass is 16.1. The highest BCUT2D eigenvalue weighted by Crippen LogP contribution is 2.32. The van der Waals surface area contributed by atoms with Gasteiger partial charge in [0, 0.05) is 5.92 Å². The molecule has 0 aromatic carbocycles. The number of nitrogen functional groups attached to an aromatic ring is 1. The molecule has 1 heterocycles. The molecule has 0 aliphatic heterocycles. The van der Waals surface area contributed by atoms with E-state index in [9.17, 15) is 4.79 Å². The summed E-state index contributed by atoms with van der Waals surface area (Å²) in [4.78, 5) is 16.3. The summed E-state index contributed by atoms with van der Waals surface area (Å²) in [6.07, 6.45) is 7.20. The van der Waals surface area contributed by atoms with E-state index in [0.29, 0.717) is 11.4 Å². The number of Topliss-reactive ketones (excluding diaryl/α,β-unsaturated/α-hetero) is 1. The van der Waals surface area contributed by atoms with E-state index >= 15 is 0 Å². The highest BCUT2D eigenvalue weighted by Gasteiger charge is 2.26. The van der Waals surface area contributed by atoms with E-state index in [1.807, 2.05) is 0 Å². The maximum atomic E-state index is 12.2. The largest absolute Gasteiger partial charge is 0.397 e. The Balaban J connectivity index is 1.99. The summed E-state index contributed by atoms with van der Waals surface area (Å²) in [5, 5.41) is 0. The van der Waals surface area contributed by atoms with Gasteiger partial charge in [0.25, 0.3) is 0 Å². The zero-order valence-corrected chi connectivity index (χ0v) is 10.4. The summed E-state index contributed by atoms with van der Waals surface area (Å²) in [6, 6.07) is 3.49. The highest BCUT2D eigenvalue weighted by molar-refractivity contribution is 5.96. The van der Waals surface area contributed by atoms with Crippen molar-refractivity contribution in [3.8, 4) is 0 Å². The van der Waals surface area contributed by atoms with Gasteiger partial charge < -0.3 is 5.73 Å². The summed E-state index contributed by atoms with van der Waals surface area (Å²) in [7, 11) is 0. The number of hydrogen-bond acceptors (Lipinski definition) is 3. The van der Waals surface area contributed by atoms with E-state index < -0.39 is 0 Å². The lowest BCUT2D eigenvalue weighted by Gasteiger charge is -2.26. The molecule has 0 unspecified atom stereocenters. The second-order valence-corrected chi connectivity index (χ2v) is 4.97. The minimum atomic E-state index is 0.175. The Bertz CT molecular complexity index is 378. The molecule has 17 heavy (non-hydrogen) atoms. The lowest BCUT2D eigenvalue weighted by molar-refractivity contribution is 0.0866. The van der Waals surface area contributed by atoms with Gasteiger partial charge in [-0.1, -0.05) is 13.3 Å². The molecule has 3 heteroatoms. The maximum absolute atomic E-state index is 12.2. The third kappa shape index (κ3) is 2.84. The van der Waals surface area contributed by atoms with Crippen LogP contribution in [0.3, 0.4) is 0 Å². The van der Waals surface area contributed by atoms with Crippen LogP contribution in [0, 0.1) is 11.8 Å². The summed E-state index contributed by atoms with van der Waals surface area (Å²) < 4.78 is 0. The van der Waals surface area contributed by atoms with Gasteiger partial charge in [-0.3, -0.25) is 9.78 Å². The first kappa shape index (κ1) is 12.1. The SMILES string of the molecule is CCC1CCC(C(=O)c2ccc(N)cn2)CC1. The van der Waals surface area contributed by atoms with Gasteiger partial charge in [0.05, 0.1) is 11.9 Å². The van der Waals surface area contributed by atoms with Gasteiger partial charge in [0.15, 0.2) is 5.78 Å². The smallest absolute Gasteiger partial charge is 0.184 e. The number of hydrogen-bond donors (Lipinski definition) is 1. The minimum absolute atomic E-state index is 0.175. The first-order valence-electron chi connectivity index (χ1n) is 6.46. The average Bonchev–Trinajstić information content (AvgIpc) is 2.39. The van der Waals surface area contributed by atoms with Gasteiger partial charge in [-0.05, 0) is 43.7 Å². The lowest BCUT2D eigenvalue weighted by Crippen LogP contribution is -2.22. The fourth-order valence-electron chi connectivity index (χ4n) is 2.59. The van der Waals surface area contributed by atoms with E-state index in [2.05, 4.69) is 11.9 Å². The van der Waals surface area contributed by atoms with Crippen LogP contribution < -0.4 is 5.73 Å². The van der Waals surface area contributed by atoms with Crippen LogP contribution >= 0.6 is 0 Å². The van der Waals surface area contributed by atoms with Crippen molar-refractivity contribution < 1.29 is 4.79 Å². The number of pyridine rings is 1. The van der Waals surface area contributed by atoms with E-state index in [0.717, 1.165) is 18.8 Å².